The van der Waals surface area contributed by atoms with Gasteiger partial charge in [-0.2, -0.15) is 0 Å². The van der Waals surface area contributed by atoms with E-state index in [1.165, 1.54) is 18.3 Å². The summed E-state index contributed by atoms with van der Waals surface area (Å²) in [4.78, 5) is 27.6. The maximum absolute atomic E-state index is 12.4. The molecule has 0 unspecified atom stereocenters. The van der Waals surface area contributed by atoms with Crippen LogP contribution in [0.2, 0.25) is 0 Å². The molecule has 1 aromatic heterocycles. The van der Waals surface area contributed by atoms with Crippen molar-refractivity contribution in [2.75, 3.05) is 14.2 Å². The number of ether oxygens (including phenoxy) is 1. The third kappa shape index (κ3) is 3.13. The topological polar surface area (TPSA) is 62.4 Å². The monoisotopic (exact) mass is 286 g/mol. The molecule has 21 heavy (non-hydrogen) atoms. The summed E-state index contributed by atoms with van der Waals surface area (Å²) in [6.07, 6.45) is 1.43. The Morgan fingerprint density at radius 3 is 2.57 bits per heavy atom. The van der Waals surface area contributed by atoms with Gasteiger partial charge in [-0.3, -0.25) is 9.59 Å². The molecule has 0 fully saturated rings. The Labute approximate surface area is 123 Å². The molecular formula is C16H18N2O3. The van der Waals surface area contributed by atoms with E-state index < -0.39 is 0 Å². The molecule has 0 spiro atoms. The molecule has 5 nitrogen and oxygen atoms in total. The van der Waals surface area contributed by atoms with E-state index in [1.54, 1.807) is 19.1 Å². The second kappa shape index (κ2) is 6.26. The van der Waals surface area contributed by atoms with Crippen molar-refractivity contribution in [3.8, 4) is 5.75 Å². The van der Waals surface area contributed by atoms with Gasteiger partial charge < -0.3 is 14.6 Å². The molecule has 110 valence electrons. The Morgan fingerprint density at radius 1 is 1.24 bits per heavy atom. The number of nitrogens with one attached hydrogen (secondary N) is 1. The SMILES string of the molecule is COc1ccccc1[C@@H](C)N(C)C(=O)c1ccc(=O)[nH]c1. The summed E-state index contributed by atoms with van der Waals surface area (Å²) in [5, 5.41) is 0. The number of hydrogen-bond acceptors (Lipinski definition) is 3. The fraction of sp³-hybridized carbons (Fsp3) is 0.250. The van der Waals surface area contributed by atoms with E-state index >= 15 is 0 Å². The molecule has 0 aliphatic rings. The van der Waals surface area contributed by atoms with Crippen LogP contribution in [0.3, 0.4) is 0 Å². The van der Waals surface area contributed by atoms with E-state index in [9.17, 15) is 9.59 Å². The highest BCUT2D eigenvalue weighted by Crippen LogP contribution is 2.28. The minimum atomic E-state index is -0.230. The molecule has 0 saturated carbocycles. The van der Waals surface area contributed by atoms with Gasteiger partial charge in [0.15, 0.2) is 0 Å². The molecule has 1 N–H and O–H groups in total. The molecule has 0 radical (unpaired) electrons. The number of H-pyrrole nitrogens is 1. The maximum Gasteiger partial charge on any atom is 0.255 e. The van der Waals surface area contributed by atoms with Gasteiger partial charge in [0, 0.05) is 24.9 Å². The fourth-order valence-corrected chi connectivity index (χ4v) is 2.14. The number of para-hydroxylation sites is 1. The number of hydrogen-bond donors (Lipinski definition) is 1. The van der Waals surface area contributed by atoms with Crippen molar-refractivity contribution in [1.29, 1.82) is 0 Å². The van der Waals surface area contributed by atoms with Gasteiger partial charge in [-0.1, -0.05) is 18.2 Å². The molecular weight excluding hydrogens is 268 g/mol. The van der Waals surface area contributed by atoms with Gasteiger partial charge in [0.1, 0.15) is 5.75 Å². The van der Waals surface area contributed by atoms with Gasteiger partial charge in [0.25, 0.3) is 5.91 Å². The average Bonchev–Trinajstić information content (AvgIpc) is 2.53. The highest BCUT2D eigenvalue weighted by Gasteiger charge is 2.21. The number of benzene rings is 1. The van der Waals surface area contributed by atoms with Gasteiger partial charge in [-0.15, -0.1) is 0 Å². The van der Waals surface area contributed by atoms with Gasteiger partial charge >= 0.3 is 0 Å². The number of nitrogens with zero attached hydrogens (tertiary/aromatic N) is 1. The van der Waals surface area contributed by atoms with Crippen LogP contribution in [0, 0.1) is 0 Å². The second-order valence-corrected chi connectivity index (χ2v) is 4.78. The molecule has 2 aromatic rings. The molecule has 0 aliphatic heterocycles. The minimum absolute atomic E-state index is 0.152. The third-order valence-electron chi connectivity index (χ3n) is 3.52. The number of pyridine rings is 1. The van der Waals surface area contributed by atoms with E-state index in [1.807, 2.05) is 31.2 Å². The van der Waals surface area contributed by atoms with Crippen LogP contribution in [0.15, 0.2) is 47.4 Å². The van der Waals surface area contributed by atoms with E-state index in [0.717, 1.165) is 11.3 Å². The Bertz CT molecular complexity index is 673. The van der Waals surface area contributed by atoms with Crippen LogP contribution in [0.25, 0.3) is 0 Å². The molecule has 2 rings (SSSR count). The first-order valence-corrected chi connectivity index (χ1v) is 6.63. The van der Waals surface area contributed by atoms with Crippen molar-refractivity contribution < 1.29 is 9.53 Å². The lowest BCUT2D eigenvalue weighted by Crippen LogP contribution is -2.30. The predicted molar refractivity (Wildman–Crippen MR) is 80.6 cm³/mol. The quantitative estimate of drug-likeness (QED) is 0.937. The van der Waals surface area contributed by atoms with Gasteiger partial charge in [0.05, 0.1) is 18.7 Å². The molecule has 1 amide bonds. The summed E-state index contributed by atoms with van der Waals surface area (Å²) in [5.74, 6) is 0.579. The molecule has 0 aliphatic carbocycles. The van der Waals surface area contributed by atoms with Gasteiger partial charge in [-0.25, -0.2) is 0 Å². The zero-order valence-corrected chi connectivity index (χ0v) is 12.3. The lowest BCUT2D eigenvalue weighted by Gasteiger charge is -2.26. The van der Waals surface area contributed by atoms with Crippen LogP contribution in [-0.4, -0.2) is 29.9 Å². The summed E-state index contributed by atoms with van der Waals surface area (Å²) in [7, 11) is 3.33. The van der Waals surface area contributed by atoms with Gasteiger partial charge in [0.2, 0.25) is 5.56 Å². The normalized spacial score (nSPS) is 11.8. The van der Waals surface area contributed by atoms with Crippen molar-refractivity contribution in [2.24, 2.45) is 0 Å². The maximum atomic E-state index is 12.4. The predicted octanol–water partition coefficient (Wildman–Crippen LogP) is 2.22. The fourth-order valence-electron chi connectivity index (χ4n) is 2.14. The summed E-state index contributed by atoms with van der Waals surface area (Å²) >= 11 is 0. The van der Waals surface area contributed by atoms with Crippen molar-refractivity contribution in [3.63, 3.8) is 0 Å². The van der Waals surface area contributed by atoms with Crippen molar-refractivity contribution in [1.82, 2.24) is 9.88 Å². The van der Waals surface area contributed by atoms with Crippen molar-refractivity contribution in [3.05, 3.63) is 64.1 Å². The average molecular weight is 286 g/mol. The number of rotatable bonds is 4. The van der Waals surface area contributed by atoms with Crippen LogP contribution >= 0.6 is 0 Å². The van der Waals surface area contributed by atoms with E-state index in [4.69, 9.17) is 4.74 Å². The van der Waals surface area contributed by atoms with E-state index in [0.29, 0.717) is 5.56 Å². The summed E-state index contributed by atoms with van der Waals surface area (Å²) in [6.45, 7) is 1.93. The van der Waals surface area contributed by atoms with Crippen LogP contribution in [0.5, 0.6) is 5.75 Å². The summed E-state index contributed by atoms with van der Waals surface area (Å²) in [6, 6.07) is 10.3. The highest BCUT2D eigenvalue weighted by molar-refractivity contribution is 5.94. The van der Waals surface area contributed by atoms with E-state index in [-0.39, 0.29) is 17.5 Å². The molecule has 1 heterocycles. The number of methoxy groups -OCH3 is 1. The second-order valence-electron chi connectivity index (χ2n) is 4.78. The number of carbonyl (C=O) groups is 1. The Morgan fingerprint density at radius 2 is 1.95 bits per heavy atom. The Balaban J connectivity index is 2.26. The van der Waals surface area contributed by atoms with Crippen molar-refractivity contribution in [2.45, 2.75) is 13.0 Å². The zero-order valence-electron chi connectivity index (χ0n) is 12.3. The summed E-state index contributed by atoms with van der Waals surface area (Å²) < 4.78 is 5.33. The first kappa shape index (κ1) is 14.8. The minimum Gasteiger partial charge on any atom is -0.496 e. The molecule has 0 saturated heterocycles. The van der Waals surface area contributed by atoms with Crippen LogP contribution in [-0.2, 0) is 0 Å². The van der Waals surface area contributed by atoms with Crippen molar-refractivity contribution >= 4 is 5.91 Å². The first-order chi connectivity index (χ1) is 10.0. The lowest BCUT2D eigenvalue weighted by atomic mass is 10.1. The molecule has 5 heteroatoms. The Kier molecular flexibility index (Phi) is 4.42. The molecule has 0 bridgehead atoms. The largest absolute Gasteiger partial charge is 0.496 e. The standard InChI is InChI=1S/C16H18N2O3/c1-11(13-6-4-5-7-14(13)21-3)18(2)16(20)12-8-9-15(19)17-10-12/h4-11H,1-3H3,(H,17,19)/t11-/m1/s1. The number of amides is 1. The van der Waals surface area contributed by atoms with E-state index in [2.05, 4.69) is 4.98 Å². The van der Waals surface area contributed by atoms with Gasteiger partial charge in [-0.05, 0) is 19.1 Å². The highest BCUT2D eigenvalue weighted by atomic mass is 16.5. The number of carbonyl (C=O) groups excluding carboxylic acids is 1. The lowest BCUT2D eigenvalue weighted by molar-refractivity contribution is 0.0740. The van der Waals surface area contributed by atoms with Crippen LogP contribution in [0.1, 0.15) is 28.9 Å². The zero-order chi connectivity index (χ0) is 15.4. The first-order valence-electron chi connectivity index (χ1n) is 6.63. The third-order valence-corrected chi connectivity index (χ3v) is 3.52. The summed E-state index contributed by atoms with van der Waals surface area (Å²) in [5.41, 5.74) is 1.14. The van der Waals surface area contributed by atoms with Crippen LogP contribution in [0.4, 0.5) is 0 Å². The molecule has 1 atom stereocenters. The number of aromatic nitrogens is 1. The smallest absolute Gasteiger partial charge is 0.255 e. The Hall–Kier alpha value is -2.56. The number of aromatic amines is 1. The van der Waals surface area contributed by atoms with Crippen LogP contribution < -0.4 is 10.3 Å². The molecule has 1 aromatic carbocycles.